The summed E-state index contributed by atoms with van der Waals surface area (Å²) in [6.45, 7) is 0.939. The molecule has 2 aromatic rings. The van der Waals surface area contributed by atoms with Crippen LogP contribution in [-0.4, -0.2) is 53.2 Å². The van der Waals surface area contributed by atoms with Crippen molar-refractivity contribution < 1.29 is 14.4 Å². The van der Waals surface area contributed by atoms with E-state index in [0.717, 1.165) is 0 Å². The van der Waals surface area contributed by atoms with Crippen molar-refractivity contribution in [3.05, 3.63) is 65.7 Å². The van der Waals surface area contributed by atoms with Gasteiger partial charge in [0.15, 0.2) is 0 Å². The number of benzene rings is 2. The van der Waals surface area contributed by atoms with Crippen molar-refractivity contribution in [2.45, 2.75) is 6.04 Å². The molecule has 0 bridgehead atoms. The van der Waals surface area contributed by atoms with E-state index < -0.39 is 6.04 Å². The fourth-order valence-electron chi connectivity index (χ4n) is 3.35. The summed E-state index contributed by atoms with van der Waals surface area (Å²) in [4.78, 5) is 41.3. The van der Waals surface area contributed by atoms with Crippen LogP contribution in [0.3, 0.4) is 0 Å². The summed E-state index contributed by atoms with van der Waals surface area (Å²) < 4.78 is 0. The Hall–Kier alpha value is -3.15. The molecular weight excluding hydrogens is 318 g/mol. The summed E-state index contributed by atoms with van der Waals surface area (Å²) in [6, 6.07) is 15.3. The van der Waals surface area contributed by atoms with Gasteiger partial charge in [-0.2, -0.15) is 0 Å². The average molecular weight is 335 g/mol. The second-order valence-corrected chi connectivity index (χ2v) is 6.17. The Labute approximate surface area is 145 Å². The first kappa shape index (κ1) is 15.4. The number of anilines is 1. The zero-order valence-corrected chi connectivity index (χ0v) is 13.5. The Kier molecular flexibility index (Phi) is 3.72. The van der Waals surface area contributed by atoms with Crippen molar-refractivity contribution in [1.29, 1.82) is 0 Å². The van der Waals surface area contributed by atoms with Gasteiger partial charge in [0.2, 0.25) is 5.91 Å². The van der Waals surface area contributed by atoms with E-state index >= 15 is 0 Å². The van der Waals surface area contributed by atoms with Gasteiger partial charge in [0, 0.05) is 18.7 Å². The van der Waals surface area contributed by atoms with E-state index in [4.69, 9.17) is 0 Å². The minimum Gasteiger partial charge on any atom is -0.334 e. The van der Waals surface area contributed by atoms with Gasteiger partial charge < -0.3 is 15.1 Å². The molecule has 0 aliphatic carbocycles. The van der Waals surface area contributed by atoms with E-state index in [0.29, 0.717) is 29.9 Å². The van der Waals surface area contributed by atoms with Gasteiger partial charge in [0.25, 0.3) is 11.8 Å². The normalized spacial score (nSPS) is 19.6. The molecule has 3 amide bonds. The first-order chi connectivity index (χ1) is 12.1. The van der Waals surface area contributed by atoms with Gasteiger partial charge in [0.1, 0.15) is 6.04 Å². The number of carbonyl (C=O) groups excluding carboxylic acids is 3. The Morgan fingerprint density at radius 1 is 0.960 bits per heavy atom. The van der Waals surface area contributed by atoms with E-state index in [1.165, 1.54) is 0 Å². The number of carbonyl (C=O) groups is 3. The molecule has 2 heterocycles. The molecule has 1 saturated heterocycles. The number of nitrogens with one attached hydrogen (secondary N) is 1. The van der Waals surface area contributed by atoms with Crippen molar-refractivity contribution in [2.75, 3.05) is 25.0 Å². The maximum Gasteiger partial charge on any atom is 0.256 e. The van der Waals surface area contributed by atoms with Gasteiger partial charge in [0.05, 0.1) is 17.8 Å². The number of fused-ring (bicyclic) bond motifs is 2. The van der Waals surface area contributed by atoms with Crippen LogP contribution in [0.25, 0.3) is 0 Å². The highest BCUT2D eigenvalue weighted by atomic mass is 16.2. The van der Waals surface area contributed by atoms with Crippen molar-refractivity contribution in [3.8, 4) is 0 Å². The third-order valence-corrected chi connectivity index (χ3v) is 4.67. The molecule has 1 atom stereocenters. The van der Waals surface area contributed by atoms with E-state index in [1.54, 1.807) is 46.2 Å². The van der Waals surface area contributed by atoms with Gasteiger partial charge >= 0.3 is 0 Å². The van der Waals surface area contributed by atoms with Gasteiger partial charge in [-0.3, -0.25) is 14.4 Å². The summed E-state index contributed by atoms with van der Waals surface area (Å²) in [6.07, 6.45) is 0. The highest BCUT2D eigenvalue weighted by Crippen LogP contribution is 2.25. The monoisotopic (exact) mass is 335 g/mol. The second kappa shape index (κ2) is 6.05. The molecule has 25 heavy (non-hydrogen) atoms. The molecule has 2 aromatic carbocycles. The van der Waals surface area contributed by atoms with E-state index in [-0.39, 0.29) is 24.3 Å². The van der Waals surface area contributed by atoms with Crippen LogP contribution in [-0.2, 0) is 4.79 Å². The molecule has 2 aliphatic heterocycles. The van der Waals surface area contributed by atoms with Gasteiger partial charge in [-0.15, -0.1) is 0 Å². The summed E-state index contributed by atoms with van der Waals surface area (Å²) in [5.74, 6) is -0.558. The first-order valence-electron chi connectivity index (χ1n) is 8.20. The topological polar surface area (TPSA) is 69.7 Å². The third-order valence-electron chi connectivity index (χ3n) is 4.67. The van der Waals surface area contributed by atoms with E-state index in [1.807, 2.05) is 18.2 Å². The smallest absolute Gasteiger partial charge is 0.256 e. The molecule has 1 fully saturated rings. The Morgan fingerprint density at radius 2 is 1.68 bits per heavy atom. The number of piperazine rings is 1. The lowest BCUT2D eigenvalue weighted by Gasteiger charge is -2.39. The Bertz CT molecular complexity index is 850. The molecule has 0 saturated carbocycles. The molecule has 0 aromatic heterocycles. The zero-order chi connectivity index (χ0) is 17.4. The lowest BCUT2D eigenvalue weighted by atomic mass is 10.1. The number of para-hydroxylation sites is 1. The maximum absolute atomic E-state index is 12.8. The van der Waals surface area contributed by atoms with Crippen LogP contribution in [0, 0.1) is 0 Å². The van der Waals surface area contributed by atoms with Crippen molar-refractivity contribution in [3.63, 3.8) is 0 Å². The second-order valence-electron chi connectivity index (χ2n) is 6.17. The van der Waals surface area contributed by atoms with Crippen LogP contribution in [0.1, 0.15) is 20.7 Å². The first-order valence-corrected chi connectivity index (χ1v) is 8.20. The molecule has 4 rings (SSSR count). The van der Waals surface area contributed by atoms with Crippen LogP contribution in [0.2, 0.25) is 0 Å². The number of hydrogen-bond acceptors (Lipinski definition) is 3. The third kappa shape index (κ3) is 2.65. The van der Waals surface area contributed by atoms with E-state index in [2.05, 4.69) is 5.32 Å². The molecule has 0 spiro atoms. The fourth-order valence-corrected chi connectivity index (χ4v) is 3.35. The molecule has 126 valence electrons. The van der Waals surface area contributed by atoms with Crippen LogP contribution in [0.15, 0.2) is 54.6 Å². The Morgan fingerprint density at radius 3 is 2.48 bits per heavy atom. The van der Waals surface area contributed by atoms with Crippen LogP contribution in [0.4, 0.5) is 5.69 Å². The van der Waals surface area contributed by atoms with Crippen LogP contribution < -0.4 is 5.32 Å². The summed E-state index contributed by atoms with van der Waals surface area (Å²) in [5.41, 5.74) is 1.59. The fraction of sp³-hybridized carbons (Fsp3) is 0.211. The summed E-state index contributed by atoms with van der Waals surface area (Å²) >= 11 is 0. The molecule has 1 N–H and O–H groups in total. The summed E-state index contributed by atoms with van der Waals surface area (Å²) in [5, 5.41) is 2.81. The molecular formula is C19H17N3O3. The lowest BCUT2D eigenvalue weighted by Crippen LogP contribution is -2.59. The summed E-state index contributed by atoms with van der Waals surface area (Å²) in [7, 11) is 0. The van der Waals surface area contributed by atoms with Crippen LogP contribution in [0.5, 0.6) is 0 Å². The van der Waals surface area contributed by atoms with Crippen LogP contribution >= 0.6 is 0 Å². The minimum atomic E-state index is -0.679. The quantitative estimate of drug-likeness (QED) is 0.861. The zero-order valence-electron chi connectivity index (χ0n) is 13.5. The van der Waals surface area contributed by atoms with Crippen molar-refractivity contribution >= 4 is 23.4 Å². The van der Waals surface area contributed by atoms with Crippen molar-refractivity contribution in [1.82, 2.24) is 9.80 Å². The lowest BCUT2D eigenvalue weighted by molar-refractivity contribution is -0.121. The number of amides is 3. The number of hydrogen-bond donors (Lipinski definition) is 1. The van der Waals surface area contributed by atoms with E-state index in [9.17, 15) is 14.4 Å². The van der Waals surface area contributed by atoms with Crippen molar-refractivity contribution in [2.24, 2.45) is 0 Å². The highest BCUT2D eigenvalue weighted by Gasteiger charge is 2.40. The van der Waals surface area contributed by atoms with Gasteiger partial charge in [-0.05, 0) is 24.3 Å². The molecule has 2 aliphatic rings. The van der Waals surface area contributed by atoms with Gasteiger partial charge in [-0.1, -0.05) is 30.3 Å². The molecule has 0 radical (unpaired) electrons. The molecule has 6 nitrogen and oxygen atoms in total. The SMILES string of the molecule is O=C1Nc2ccccc2C(=O)N2CCN(C(=O)c3ccccc3)C[C@H]12. The molecule has 0 unspecified atom stereocenters. The average Bonchev–Trinajstić information content (AvgIpc) is 2.77. The largest absolute Gasteiger partial charge is 0.334 e. The predicted octanol–water partition coefficient (Wildman–Crippen LogP) is 1.61. The molecule has 6 heteroatoms. The Balaban J connectivity index is 1.61. The number of nitrogens with zero attached hydrogens (tertiary/aromatic N) is 2. The van der Waals surface area contributed by atoms with Gasteiger partial charge in [-0.25, -0.2) is 0 Å². The minimum absolute atomic E-state index is 0.123. The predicted molar refractivity (Wildman–Crippen MR) is 92.2 cm³/mol. The highest BCUT2D eigenvalue weighted by molar-refractivity contribution is 6.10. The standard InChI is InChI=1S/C19H17N3O3/c23-17-16-12-21(18(24)13-6-2-1-3-7-13)10-11-22(16)19(25)14-8-4-5-9-15(14)20-17/h1-9,16H,10-12H2,(H,20,23)/t16-/m1/s1. The number of rotatable bonds is 1. The maximum atomic E-state index is 12.8.